The summed E-state index contributed by atoms with van der Waals surface area (Å²) >= 11 is 1.37. The molecule has 1 aliphatic heterocycles. The van der Waals surface area contributed by atoms with Crippen LogP contribution in [-0.2, 0) is 4.79 Å². The second-order valence-electron chi connectivity index (χ2n) is 6.79. The highest BCUT2D eigenvalue weighted by Gasteiger charge is 2.23. The fraction of sp³-hybridized carbons (Fsp3) is 0.238. The maximum absolute atomic E-state index is 12.6. The van der Waals surface area contributed by atoms with Crippen LogP contribution in [0.25, 0.3) is 11.4 Å². The van der Waals surface area contributed by atoms with E-state index in [2.05, 4.69) is 19.6 Å². The molecule has 2 heterocycles. The first kappa shape index (κ1) is 19.8. The Morgan fingerprint density at radius 1 is 1.03 bits per heavy atom. The van der Waals surface area contributed by atoms with E-state index in [0.717, 1.165) is 16.5 Å². The number of hydrogen-bond donors (Lipinski definition) is 1. The van der Waals surface area contributed by atoms with Gasteiger partial charge in [0.05, 0.1) is 0 Å². The molecule has 1 aliphatic rings. The van der Waals surface area contributed by atoms with Crippen LogP contribution in [0.15, 0.2) is 54.6 Å². The van der Waals surface area contributed by atoms with Crippen LogP contribution in [0.1, 0.15) is 6.92 Å². The van der Waals surface area contributed by atoms with Crippen LogP contribution in [0.5, 0.6) is 5.75 Å². The van der Waals surface area contributed by atoms with Gasteiger partial charge in [0.15, 0.2) is 5.82 Å². The van der Waals surface area contributed by atoms with E-state index in [-0.39, 0.29) is 6.03 Å². The van der Waals surface area contributed by atoms with Crippen LogP contribution >= 0.6 is 11.5 Å². The summed E-state index contributed by atoms with van der Waals surface area (Å²) < 4.78 is 9.52. The second-order valence-corrected chi connectivity index (χ2v) is 7.52. The number of esters is 1. The zero-order chi connectivity index (χ0) is 20.9. The van der Waals surface area contributed by atoms with Crippen molar-refractivity contribution in [3.63, 3.8) is 0 Å². The molecule has 0 atom stereocenters. The van der Waals surface area contributed by atoms with Gasteiger partial charge < -0.3 is 19.9 Å². The van der Waals surface area contributed by atoms with Crippen molar-refractivity contribution in [1.29, 1.82) is 0 Å². The Hall–Kier alpha value is -3.46. The third-order valence-electron chi connectivity index (χ3n) is 4.63. The van der Waals surface area contributed by atoms with E-state index in [1.807, 2.05) is 30.3 Å². The highest BCUT2D eigenvalue weighted by molar-refractivity contribution is 7.09. The molecule has 1 N–H and O–H groups in total. The summed E-state index contributed by atoms with van der Waals surface area (Å²) in [6.07, 6.45) is 0. The van der Waals surface area contributed by atoms with Crippen LogP contribution in [0.4, 0.5) is 15.6 Å². The van der Waals surface area contributed by atoms with Crippen molar-refractivity contribution in [2.75, 3.05) is 36.4 Å². The van der Waals surface area contributed by atoms with Gasteiger partial charge in [-0.3, -0.25) is 4.79 Å². The molecule has 1 aromatic heterocycles. The van der Waals surface area contributed by atoms with Crippen LogP contribution < -0.4 is 15.0 Å². The fourth-order valence-electron chi connectivity index (χ4n) is 3.16. The molecule has 1 fully saturated rings. The first-order valence-corrected chi connectivity index (χ1v) is 10.3. The van der Waals surface area contributed by atoms with E-state index < -0.39 is 5.97 Å². The van der Waals surface area contributed by atoms with E-state index >= 15 is 0 Å². The summed E-state index contributed by atoms with van der Waals surface area (Å²) in [5.74, 6) is 0.723. The third kappa shape index (κ3) is 4.74. The molecule has 30 heavy (non-hydrogen) atoms. The van der Waals surface area contributed by atoms with Gasteiger partial charge in [0.1, 0.15) is 5.75 Å². The Kier molecular flexibility index (Phi) is 5.89. The van der Waals surface area contributed by atoms with Gasteiger partial charge in [-0.15, -0.1) is 0 Å². The van der Waals surface area contributed by atoms with Gasteiger partial charge in [0, 0.05) is 62.0 Å². The molecule has 0 aliphatic carbocycles. The molecule has 0 unspecified atom stereocenters. The van der Waals surface area contributed by atoms with Crippen LogP contribution in [0.2, 0.25) is 0 Å². The maximum Gasteiger partial charge on any atom is 0.321 e. The molecule has 0 radical (unpaired) electrons. The molecule has 0 spiro atoms. The minimum Gasteiger partial charge on any atom is -0.427 e. The van der Waals surface area contributed by atoms with Crippen LogP contribution in [0.3, 0.4) is 0 Å². The molecule has 8 nitrogen and oxygen atoms in total. The number of amides is 2. The summed E-state index contributed by atoms with van der Waals surface area (Å²) in [6.45, 7) is 3.87. The average Bonchev–Trinajstić information content (AvgIpc) is 3.25. The lowest BCUT2D eigenvalue weighted by Crippen LogP contribution is -2.50. The quantitative estimate of drug-likeness (QED) is 0.511. The number of aromatic nitrogens is 2. The smallest absolute Gasteiger partial charge is 0.321 e. The number of benzene rings is 2. The van der Waals surface area contributed by atoms with Crippen molar-refractivity contribution in [2.24, 2.45) is 0 Å². The standard InChI is InChI=1S/C21H21N5O3S/c1-15(27)29-18-9-5-8-17(14-18)22-20(28)25-10-12-26(13-11-25)21-23-19(24-30-21)16-6-3-2-4-7-16/h2-9,14H,10-13H2,1H3,(H,22,28). The van der Waals surface area contributed by atoms with Gasteiger partial charge in [-0.25, -0.2) is 4.79 Å². The molecule has 1 saturated heterocycles. The summed E-state index contributed by atoms with van der Waals surface area (Å²) in [5.41, 5.74) is 1.58. The van der Waals surface area contributed by atoms with Crippen molar-refractivity contribution >= 4 is 34.4 Å². The SMILES string of the molecule is CC(=O)Oc1cccc(NC(=O)N2CCN(c3nc(-c4ccccc4)ns3)CC2)c1. The highest BCUT2D eigenvalue weighted by atomic mass is 32.1. The Morgan fingerprint density at radius 2 is 1.80 bits per heavy atom. The number of hydrogen-bond acceptors (Lipinski definition) is 7. The average molecular weight is 423 g/mol. The van der Waals surface area contributed by atoms with E-state index in [0.29, 0.717) is 37.6 Å². The van der Waals surface area contributed by atoms with Crippen molar-refractivity contribution in [1.82, 2.24) is 14.3 Å². The number of carbonyl (C=O) groups excluding carboxylic acids is 2. The summed E-state index contributed by atoms with van der Waals surface area (Å²) in [5, 5.41) is 3.72. The number of piperazine rings is 1. The van der Waals surface area contributed by atoms with Crippen molar-refractivity contribution in [3.8, 4) is 17.1 Å². The molecular formula is C21H21N5O3S. The molecule has 154 valence electrons. The first-order valence-electron chi connectivity index (χ1n) is 9.57. The van der Waals surface area contributed by atoms with Gasteiger partial charge in [-0.1, -0.05) is 36.4 Å². The van der Waals surface area contributed by atoms with Gasteiger partial charge in [0.2, 0.25) is 5.13 Å². The van der Waals surface area contributed by atoms with Crippen molar-refractivity contribution in [3.05, 3.63) is 54.6 Å². The van der Waals surface area contributed by atoms with E-state index in [1.54, 1.807) is 29.2 Å². The predicted molar refractivity (Wildman–Crippen MR) is 116 cm³/mol. The number of rotatable bonds is 4. The van der Waals surface area contributed by atoms with Crippen LogP contribution in [0, 0.1) is 0 Å². The molecule has 2 aromatic carbocycles. The monoisotopic (exact) mass is 423 g/mol. The summed E-state index contributed by atoms with van der Waals surface area (Å²) in [4.78, 5) is 32.2. The van der Waals surface area contributed by atoms with E-state index in [4.69, 9.17) is 4.74 Å². The number of nitrogens with one attached hydrogen (secondary N) is 1. The summed E-state index contributed by atoms with van der Waals surface area (Å²) in [7, 11) is 0. The number of carbonyl (C=O) groups is 2. The van der Waals surface area contributed by atoms with Crippen LogP contribution in [-0.4, -0.2) is 52.4 Å². The fourth-order valence-corrected chi connectivity index (χ4v) is 3.89. The number of nitrogens with zero attached hydrogens (tertiary/aromatic N) is 4. The first-order chi connectivity index (χ1) is 14.6. The topological polar surface area (TPSA) is 87.7 Å². The minimum atomic E-state index is -0.401. The second kappa shape index (κ2) is 8.91. The Bertz CT molecular complexity index is 1030. The maximum atomic E-state index is 12.6. The van der Waals surface area contributed by atoms with Gasteiger partial charge >= 0.3 is 12.0 Å². The molecular weight excluding hydrogens is 402 g/mol. The molecule has 2 amide bonds. The number of ether oxygens (including phenoxy) is 1. The Labute approximate surface area is 178 Å². The lowest BCUT2D eigenvalue weighted by atomic mass is 10.2. The normalized spacial score (nSPS) is 13.8. The largest absolute Gasteiger partial charge is 0.427 e. The predicted octanol–water partition coefficient (Wildman–Crippen LogP) is 3.48. The molecule has 4 rings (SSSR count). The lowest BCUT2D eigenvalue weighted by molar-refractivity contribution is -0.131. The molecule has 3 aromatic rings. The van der Waals surface area contributed by atoms with Crippen molar-refractivity contribution < 1.29 is 14.3 Å². The number of anilines is 2. The zero-order valence-electron chi connectivity index (χ0n) is 16.4. The molecule has 0 bridgehead atoms. The van der Waals surface area contributed by atoms with Crippen molar-refractivity contribution in [2.45, 2.75) is 6.92 Å². The Morgan fingerprint density at radius 3 is 2.53 bits per heavy atom. The molecule has 9 heteroatoms. The highest BCUT2D eigenvalue weighted by Crippen LogP contribution is 2.25. The van der Waals surface area contributed by atoms with Gasteiger partial charge in [-0.05, 0) is 12.1 Å². The Balaban J connectivity index is 1.33. The molecule has 0 saturated carbocycles. The van der Waals surface area contributed by atoms with Gasteiger partial charge in [0.25, 0.3) is 0 Å². The minimum absolute atomic E-state index is 0.183. The van der Waals surface area contributed by atoms with E-state index in [1.165, 1.54) is 18.5 Å². The summed E-state index contributed by atoms with van der Waals surface area (Å²) in [6, 6.07) is 16.5. The zero-order valence-corrected chi connectivity index (χ0v) is 17.3. The van der Waals surface area contributed by atoms with E-state index in [9.17, 15) is 9.59 Å². The third-order valence-corrected chi connectivity index (χ3v) is 5.41. The van der Waals surface area contributed by atoms with Gasteiger partial charge in [-0.2, -0.15) is 9.36 Å². The number of urea groups is 1. The lowest BCUT2D eigenvalue weighted by Gasteiger charge is -2.34.